The highest BCUT2D eigenvalue weighted by molar-refractivity contribution is 6.23. The van der Waals surface area contributed by atoms with Crippen molar-refractivity contribution in [3.8, 4) is 5.75 Å². The number of piperidine rings is 1. The van der Waals surface area contributed by atoms with E-state index in [1.54, 1.807) is 6.07 Å². The number of hydrogen-bond donors (Lipinski definition) is 2. The minimum absolute atomic E-state index is 0.0848. The zero-order valence-corrected chi connectivity index (χ0v) is 13.5. The van der Waals surface area contributed by atoms with Gasteiger partial charge in [-0.25, -0.2) is 0 Å². The van der Waals surface area contributed by atoms with Crippen molar-refractivity contribution in [3.05, 3.63) is 29.3 Å². The van der Waals surface area contributed by atoms with Crippen LogP contribution in [0.3, 0.4) is 0 Å². The van der Waals surface area contributed by atoms with E-state index in [-0.39, 0.29) is 30.6 Å². The lowest BCUT2D eigenvalue weighted by molar-refractivity contribution is -0.136. The van der Waals surface area contributed by atoms with E-state index >= 15 is 0 Å². The van der Waals surface area contributed by atoms with Gasteiger partial charge in [-0.3, -0.25) is 29.4 Å². The molecule has 8 nitrogen and oxygen atoms in total. The van der Waals surface area contributed by atoms with Crippen LogP contribution in [-0.4, -0.2) is 52.9 Å². The molecule has 25 heavy (non-hydrogen) atoms. The van der Waals surface area contributed by atoms with E-state index in [9.17, 15) is 19.2 Å². The minimum Gasteiger partial charge on any atom is -0.494 e. The summed E-state index contributed by atoms with van der Waals surface area (Å²) in [4.78, 5) is 49.3. The number of aliphatic hydroxyl groups is 1. The predicted octanol–water partition coefficient (Wildman–Crippen LogP) is 0.239. The molecule has 2 heterocycles. The van der Waals surface area contributed by atoms with Crippen LogP contribution in [0, 0.1) is 0 Å². The Morgan fingerprint density at radius 2 is 1.88 bits per heavy atom. The molecule has 1 fully saturated rings. The van der Waals surface area contributed by atoms with Gasteiger partial charge in [-0.05, 0) is 37.5 Å². The molecule has 1 saturated heterocycles. The molecule has 0 saturated carbocycles. The van der Waals surface area contributed by atoms with Crippen molar-refractivity contribution >= 4 is 23.6 Å². The maximum atomic E-state index is 12.6. The van der Waals surface area contributed by atoms with Gasteiger partial charge in [-0.15, -0.1) is 0 Å². The van der Waals surface area contributed by atoms with E-state index in [0.29, 0.717) is 25.2 Å². The normalized spacial score (nSPS) is 19.9. The molecule has 2 N–H and O–H groups in total. The summed E-state index contributed by atoms with van der Waals surface area (Å²) in [7, 11) is 0. The number of carbonyl (C=O) groups is 4. The lowest BCUT2D eigenvalue weighted by Gasteiger charge is -2.27. The van der Waals surface area contributed by atoms with E-state index in [4.69, 9.17) is 9.84 Å². The highest BCUT2D eigenvalue weighted by Crippen LogP contribution is 2.30. The first-order valence-electron chi connectivity index (χ1n) is 8.12. The van der Waals surface area contributed by atoms with Crippen molar-refractivity contribution in [3.63, 3.8) is 0 Å². The molecule has 2 aliphatic heterocycles. The van der Waals surface area contributed by atoms with E-state index in [2.05, 4.69) is 5.32 Å². The second-order valence-electron chi connectivity index (χ2n) is 5.93. The number of nitrogens with one attached hydrogen (secondary N) is 1. The number of ether oxygens (including phenoxy) is 1. The number of aliphatic hydroxyl groups excluding tert-OH is 1. The fraction of sp³-hybridized carbons (Fsp3) is 0.412. The van der Waals surface area contributed by atoms with Crippen LogP contribution in [0.4, 0.5) is 0 Å². The molecule has 1 unspecified atom stereocenters. The first-order valence-corrected chi connectivity index (χ1v) is 8.12. The molecule has 1 atom stereocenters. The van der Waals surface area contributed by atoms with Gasteiger partial charge in [-0.1, -0.05) is 0 Å². The first-order chi connectivity index (χ1) is 12.0. The van der Waals surface area contributed by atoms with Crippen LogP contribution < -0.4 is 10.1 Å². The van der Waals surface area contributed by atoms with Gasteiger partial charge in [0.1, 0.15) is 11.8 Å². The van der Waals surface area contributed by atoms with Gasteiger partial charge < -0.3 is 9.84 Å². The van der Waals surface area contributed by atoms with E-state index in [1.165, 1.54) is 12.1 Å². The maximum Gasteiger partial charge on any atom is 0.262 e. The van der Waals surface area contributed by atoms with Crippen molar-refractivity contribution in [2.45, 2.75) is 31.7 Å². The minimum atomic E-state index is -0.973. The summed E-state index contributed by atoms with van der Waals surface area (Å²) >= 11 is 0. The van der Waals surface area contributed by atoms with Gasteiger partial charge in [0.2, 0.25) is 11.8 Å². The third kappa shape index (κ3) is 3.25. The Balaban J connectivity index is 1.77. The summed E-state index contributed by atoms with van der Waals surface area (Å²) in [6.45, 7) is 0.472. The predicted molar refractivity (Wildman–Crippen MR) is 84.9 cm³/mol. The number of fused-ring (bicyclic) bond motifs is 1. The molecule has 4 amide bonds. The fourth-order valence-corrected chi connectivity index (χ4v) is 2.94. The topological polar surface area (TPSA) is 113 Å². The summed E-state index contributed by atoms with van der Waals surface area (Å²) < 4.78 is 5.52. The van der Waals surface area contributed by atoms with Gasteiger partial charge in [0.25, 0.3) is 11.8 Å². The average Bonchev–Trinajstić information content (AvgIpc) is 2.83. The van der Waals surface area contributed by atoms with Crippen molar-refractivity contribution < 1.29 is 29.0 Å². The fourth-order valence-electron chi connectivity index (χ4n) is 2.94. The SMILES string of the molecule is O=C1CCC(N2C(=O)c3ccc(OCCCCO)cc3C2=O)C(=O)N1. The van der Waals surface area contributed by atoms with E-state index < -0.39 is 29.7 Å². The van der Waals surface area contributed by atoms with Gasteiger partial charge in [-0.2, -0.15) is 0 Å². The molecule has 2 aliphatic rings. The summed E-state index contributed by atoms with van der Waals surface area (Å²) in [6, 6.07) is 3.61. The Kier molecular flexibility index (Phi) is 4.80. The maximum absolute atomic E-state index is 12.6. The van der Waals surface area contributed by atoms with Gasteiger partial charge in [0.05, 0.1) is 17.7 Å². The van der Waals surface area contributed by atoms with Crippen molar-refractivity contribution in [2.24, 2.45) is 0 Å². The molecule has 0 aromatic heterocycles. The van der Waals surface area contributed by atoms with E-state index in [0.717, 1.165) is 4.90 Å². The third-order valence-electron chi connectivity index (χ3n) is 4.23. The molecular formula is C17H18N2O6. The Hall–Kier alpha value is -2.74. The van der Waals surface area contributed by atoms with Crippen LogP contribution >= 0.6 is 0 Å². The van der Waals surface area contributed by atoms with Crippen molar-refractivity contribution in [2.75, 3.05) is 13.2 Å². The molecule has 8 heteroatoms. The Morgan fingerprint density at radius 3 is 2.60 bits per heavy atom. The second-order valence-corrected chi connectivity index (χ2v) is 5.93. The first kappa shape index (κ1) is 17.1. The highest BCUT2D eigenvalue weighted by atomic mass is 16.5. The number of unbranched alkanes of at least 4 members (excludes halogenated alkanes) is 1. The van der Waals surface area contributed by atoms with Gasteiger partial charge >= 0.3 is 0 Å². The summed E-state index contributed by atoms with van der Waals surface area (Å²) in [5.41, 5.74) is 0.409. The molecule has 1 aromatic carbocycles. The van der Waals surface area contributed by atoms with Crippen LogP contribution in [0.15, 0.2) is 18.2 Å². The lowest BCUT2D eigenvalue weighted by atomic mass is 10.0. The molecule has 3 rings (SSSR count). The van der Waals surface area contributed by atoms with E-state index in [1.807, 2.05) is 0 Å². The lowest BCUT2D eigenvalue weighted by Crippen LogP contribution is -2.54. The Morgan fingerprint density at radius 1 is 1.12 bits per heavy atom. The molecule has 1 aromatic rings. The van der Waals surface area contributed by atoms with Crippen molar-refractivity contribution in [1.82, 2.24) is 10.2 Å². The monoisotopic (exact) mass is 346 g/mol. The zero-order valence-electron chi connectivity index (χ0n) is 13.5. The van der Waals surface area contributed by atoms with Crippen LogP contribution in [0.2, 0.25) is 0 Å². The quantitative estimate of drug-likeness (QED) is 0.563. The largest absolute Gasteiger partial charge is 0.494 e. The van der Waals surface area contributed by atoms with Crippen LogP contribution in [0.5, 0.6) is 5.75 Å². The number of nitrogens with zero attached hydrogens (tertiary/aromatic N) is 1. The molecule has 0 radical (unpaired) electrons. The van der Waals surface area contributed by atoms with Gasteiger partial charge in [0, 0.05) is 13.0 Å². The number of amides is 4. The van der Waals surface area contributed by atoms with Crippen LogP contribution in [-0.2, 0) is 9.59 Å². The molecule has 0 spiro atoms. The molecular weight excluding hydrogens is 328 g/mol. The number of rotatable bonds is 6. The summed E-state index contributed by atoms with van der Waals surface area (Å²) in [6.07, 6.45) is 1.50. The smallest absolute Gasteiger partial charge is 0.262 e. The summed E-state index contributed by atoms with van der Waals surface area (Å²) in [5.74, 6) is -1.69. The van der Waals surface area contributed by atoms with Gasteiger partial charge in [0.15, 0.2) is 0 Å². The zero-order chi connectivity index (χ0) is 18.0. The highest BCUT2D eigenvalue weighted by Gasteiger charge is 2.44. The number of hydrogen-bond acceptors (Lipinski definition) is 6. The average molecular weight is 346 g/mol. The Labute approximate surface area is 143 Å². The summed E-state index contributed by atoms with van der Waals surface area (Å²) in [5, 5.41) is 10.9. The second kappa shape index (κ2) is 7.02. The number of imide groups is 2. The van der Waals surface area contributed by atoms with Crippen LogP contribution in [0.1, 0.15) is 46.4 Å². The molecule has 0 aliphatic carbocycles. The third-order valence-corrected chi connectivity index (χ3v) is 4.23. The Bertz CT molecular complexity index is 745. The number of benzene rings is 1. The molecule has 132 valence electrons. The number of carbonyl (C=O) groups excluding carboxylic acids is 4. The standard InChI is InChI=1S/C17H18N2O6/c20-7-1-2-8-25-10-3-4-11-12(9-10)17(24)19(16(11)23)13-5-6-14(21)18-15(13)22/h3-4,9,13,20H,1-2,5-8H2,(H,18,21,22). The van der Waals surface area contributed by atoms with Crippen molar-refractivity contribution in [1.29, 1.82) is 0 Å². The van der Waals surface area contributed by atoms with Crippen LogP contribution in [0.25, 0.3) is 0 Å². The molecule has 0 bridgehead atoms.